The van der Waals surface area contributed by atoms with E-state index in [1.165, 1.54) is 0 Å². The fourth-order valence-electron chi connectivity index (χ4n) is 1.25. The molecule has 0 heterocycles. The fourth-order valence-corrected chi connectivity index (χ4v) is 1.25. The maximum absolute atomic E-state index is 5.23. The van der Waals surface area contributed by atoms with Crippen LogP contribution in [0, 0.1) is 0 Å². The Kier molecular flexibility index (Phi) is 3.36. The van der Waals surface area contributed by atoms with Crippen molar-refractivity contribution < 1.29 is 4.84 Å². The van der Waals surface area contributed by atoms with Crippen LogP contribution in [-0.2, 0) is 6.54 Å². The van der Waals surface area contributed by atoms with Crippen molar-refractivity contribution in [3.05, 3.63) is 66.2 Å². The number of hydrogen-bond donors (Lipinski definition) is 0. The van der Waals surface area contributed by atoms with Gasteiger partial charge < -0.3 is 4.84 Å². The van der Waals surface area contributed by atoms with Gasteiger partial charge in [0.2, 0.25) is 0 Å². The van der Waals surface area contributed by atoms with Gasteiger partial charge in [0, 0.05) is 0 Å². The predicted molar refractivity (Wildman–Crippen MR) is 59.4 cm³/mol. The molecule has 0 N–H and O–H groups in total. The van der Waals surface area contributed by atoms with Crippen LogP contribution in [0.1, 0.15) is 5.56 Å². The van der Waals surface area contributed by atoms with Gasteiger partial charge in [-0.3, -0.25) is 0 Å². The summed E-state index contributed by atoms with van der Waals surface area (Å²) >= 11 is 0. The first-order chi connectivity index (χ1) is 7.45. The molecule has 2 aromatic carbocycles. The van der Waals surface area contributed by atoms with E-state index in [9.17, 15) is 0 Å². The van der Waals surface area contributed by atoms with E-state index >= 15 is 0 Å². The molecule has 75 valence electrons. The summed E-state index contributed by atoms with van der Waals surface area (Å²) in [7, 11) is 0. The molecule has 0 bridgehead atoms. The summed E-state index contributed by atoms with van der Waals surface area (Å²) in [6, 6.07) is 19.6. The number of benzene rings is 2. The van der Waals surface area contributed by atoms with E-state index in [-0.39, 0.29) is 0 Å². The van der Waals surface area contributed by atoms with Gasteiger partial charge in [-0.2, -0.15) is 0 Å². The van der Waals surface area contributed by atoms with Crippen LogP contribution in [0.2, 0.25) is 0 Å². The molecule has 2 heteroatoms. The molecule has 0 aromatic heterocycles. The molecule has 0 aliphatic heterocycles. The molecule has 0 aliphatic carbocycles. The van der Waals surface area contributed by atoms with E-state index in [1.54, 1.807) is 0 Å². The van der Waals surface area contributed by atoms with Crippen molar-refractivity contribution in [3.63, 3.8) is 0 Å². The van der Waals surface area contributed by atoms with Gasteiger partial charge in [0.05, 0.1) is 6.54 Å². The second kappa shape index (κ2) is 5.17. The Balaban J connectivity index is 1.81. The third-order valence-corrected chi connectivity index (χ3v) is 2.00. The normalized spacial score (nSPS) is 9.87. The molecule has 0 amide bonds. The van der Waals surface area contributed by atoms with Gasteiger partial charge in [-0.1, -0.05) is 48.5 Å². The zero-order valence-corrected chi connectivity index (χ0v) is 8.34. The first-order valence-electron chi connectivity index (χ1n) is 4.88. The number of nitrogens with zero attached hydrogens (tertiary/aromatic N) is 1. The lowest BCUT2D eigenvalue weighted by molar-refractivity contribution is 0.180. The van der Waals surface area contributed by atoms with Crippen molar-refractivity contribution >= 4 is 0 Å². The lowest BCUT2D eigenvalue weighted by Crippen LogP contribution is -2.09. The molecule has 0 aliphatic rings. The Hall–Kier alpha value is -1.80. The average Bonchev–Trinajstić information content (AvgIpc) is 2.32. The monoisotopic (exact) mass is 198 g/mol. The average molecular weight is 198 g/mol. The highest BCUT2D eigenvalue weighted by Crippen LogP contribution is 2.07. The molecule has 2 nitrogen and oxygen atoms in total. The minimum atomic E-state index is 0.579. The highest BCUT2D eigenvalue weighted by Gasteiger charge is 1.94. The van der Waals surface area contributed by atoms with Gasteiger partial charge >= 0.3 is 0 Å². The number of hydroxylamine groups is 1. The number of hydrogen-bond acceptors (Lipinski definition) is 1. The van der Waals surface area contributed by atoms with E-state index in [0.29, 0.717) is 6.54 Å². The first-order valence-corrected chi connectivity index (χ1v) is 4.88. The quantitative estimate of drug-likeness (QED) is 0.693. The molecule has 0 atom stereocenters. The molecule has 15 heavy (non-hydrogen) atoms. The Morgan fingerprint density at radius 2 is 1.40 bits per heavy atom. The van der Waals surface area contributed by atoms with E-state index < -0.39 is 0 Å². The molecule has 0 unspecified atom stereocenters. The zero-order valence-electron chi connectivity index (χ0n) is 8.34. The smallest absolute Gasteiger partial charge is 0.149 e. The number of para-hydroxylation sites is 1. The van der Waals surface area contributed by atoms with Crippen molar-refractivity contribution in [2.75, 3.05) is 0 Å². The first kappa shape index (κ1) is 9.74. The Bertz CT molecular complexity index is 346. The van der Waals surface area contributed by atoms with Gasteiger partial charge in [0.15, 0.2) is 0 Å². The Morgan fingerprint density at radius 3 is 2.07 bits per heavy atom. The molecule has 2 rings (SSSR count). The molecule has 1 radical (unpaired) electrons. The van der Waals surface area contributed by atoms with Crippen molar-refractivity contribution in [1.82, 2.24) is 5.48 Å². The molecule has 0 saturated carbocycles. The minimum Gasteiger partial charge on any atom is -0.388 e. The van der Waals surface area contributed by atoms with Gasteiger partial charge in [0.1, 0.15) is 5.75 Å². The van der Waals surface area contributed by atoms with Gasteiger partial charge in [-0.15, -0.1) is 0 Å². The van der Waals surface area contributed by atoms with E-state index in [4.69, 9.17) is 4.84 Å². The lowest BCUT2D eigenvalue weighted by atomic mass is 10.2. The number of rotatable bonds is 4. The summed E-state index contributed by atoms with van der Waals surface area (Å²) in [6.07, 6.45) is 0. The van der Waals surface area contributed by atoms with Gasteiger partial charge in [-0.05, 0) is 23.2 Å². The highest BCUT2D eigenvalue weighted by molar-refractivity contribution is 5.20. The van der Waals surface area contributed by atoms with Crippen LogP contribution in [0.5, 0.6) is 5.75 Å². The molecule has 0 saturated heterocycles. The maximum atomic E-state index is 5.23. The molecule has 0 fully saturated rings. The molecular formula is C13H12NO. The second-order valence-corrected chi connectivity index (χ2v) is 3.18. The van der Waals surface area contributed by atoms with Crippen LogP contribution in [0.25, 0.3) is 0 Å². The zero-order chi connectivity index (χ0) is 10.3. The lowest BCUT2D eigenvalue weighted by Gasteiger charge is -2.03. The summed E-state index contributed by atoms with van der Waals surface area (Å²) in [5.41, 5.74) is 5.16. The summed E-state index contributed by atoms with van der Waals surface area (Å²) in [5, 5.41) is 0. The summed E-state index contributed by atoms with van der Waals surface area (Å²) < 4.78 is 0. The van der Waals surface area contributed by atoms with Crippen LogP contribution < -0.4 is 10.3 Å². The maximum Gasteiger partial charge on any atom is 0.149 e. The molecule has 0 spiro atoms. The summed E-state index contributed by atoms with van der Waals surface area (Å²) in [5.74, 6) is 0.772. The fraction of sp³-hybridized carbons (Fsp3) is 0.0769. The van der Waals surface area contributed by atoms with E-state index in [1.807, 2.05) is 60.7 Å². The van der Waals surface area contributed by atoms with E-state index in [2.05, 4.69) is 5.48 Å². The van der Waals surface area contributed by atoms with Gasteiger partial charge in [0.25, 0.3) is 0 Å². The highest BCUT2D eigenvalue weighted by atomic mass is 16.6. The molecular weight excluding hydrogens is 186 g/mol. The minimum absolute atomic E-state index is 0.579. The van der Waals surface area contributed by atoms with Crippen LogP contribution in [-0.4, -0.2) is 0 Å². The van der Waals surface area contributed by atoms with Crippen LogP contribution >= 0.6 is 0 Å². The van der Waals surface area contributed by atoms with Crippen LogP contribution in [0.15, 0.2) is 60.7 Å². The van der Waals surface area contributed by atoms with E-state index in [0.717, 1.165) is 11.3 Å². The topological polar surface area (TPSA) is 23.3 Å². The van der Waals surface area contributed by atoms with Crippen molar-refractivity contribution in [2.45, 2.75) is 6.54 Å². The third-order valence-electron chi connectivity index (χ3n) is 2.00. The summed E-state index contributed by atoms with van der Waals surface area (Å²) in [6.45, 7) is 0.579. The van der Waals surface area contributed by atoms with Crippen molar-refractivity contribution in [1.29, 1.82) is 0 Å². The second-order valence-electron chi connectivity index (χ2n) is 3.18. The third kappa shape index (κ3) is 3.11. The van der Waals surface area contributed by atoms with Crippen LogP contribution in [0.4, 0.5) is 0 Å². The van der Waals surface area contributed by atoms with Crippen molar-refractivity contribution in [2.24, 2.45) is 0 Å². The van der Waals surface area contributed by atoms with Gasteiger partial charge in [-0.25, -0.2) is 0 Å². The van der Waals surface area contributed by atoms with Crippen molar-refractivity contribution in [3.8, 4) is 5.75 Å². The standard InChI is InChI=1S/C13H12NO/c1-3-7-12(8-4-1)11-14-15-13-9-5-2-6-10-13/h1-10H,11H2. The Labute approximate surface area is 89.5 Å². The predicted octanol–water partition coefficient (Wildman–Crippen LogP) is 2.79. The Morgan fingerprint density at radius 1 is 0.800 bits per heavy atom. The molecule has 2 aromatic rings. The SMILES string of the molecule is c1ccc(C[N]Oc2ccccc2)cc1. The largest absolute Gasteiger partial charge is 0.388 e. The van der Waals surface area contributed by atoms with Crippen LogP contribution in [0.3, 0.4) is 0 Å². The summed E-state index contributed by atoms with van der Waals surface area (Å²) in [4.78, 5) is 5.23.